The number of guanidine groups is 1. The number of nitrogens with one attached hydrogen (secondary N) is 2. The van der Waals surface area contributed by atoms with Gasteiger partial charge in [0.15, 0.2) is 5.96 Å². The van der Waals surface area contributed by atoms with Gasteiger partial charge < -0.3 is 15.4 Å². The van der Waals surface area contributed by atoms with E-state index in [-0.39, 0.29) is 0 Å². The van der Waals surface area contributed by atoms with Crippen molar-refractivity contribution in [1.82, 2.24) is 15.5 Å². The molecule has 0 saturated carbocycles. The summed E-state index contributed by atoms with van der Waals surface area (Å²) in [6, 6.07) is 0. The Hall–Kier alpha value is -0.460. The normalized spacial score (nSPS) is 30.5. The number of thioether (sulfide) groups is 1. The van der Waals surface area contributed by atoms with Gasteiger partial charge in [-0.15, -0.1) is 0 Å². The van der Waals surface area contributed by atoms with E-state index in [0.717, 1.165) is 50.4 Å². The third-order valence-corrected chi connectivity index (χ3v) is 5.58. The highest BCUT2D eigenvalue weighted by Crippen LogP contribution is 2.25. The van der Waals surface area contributed by atoms with Gasteiger partial charge in [-0.2, -0.15) is 11.8 Å². The molecule has 0 aromatic carbocycles. The largest absolute Gasteiger partial charge is 0.373 e. The van der Waals surface area contributed by atoms with Crippen molar-refractivity contribution in [1.29, 1.82) is 0 Å². The molecule has 0 aromatic rings. The van der Waals surface area contributed by atoms with Crippen molar-refractivity contribution in [3.05, 3.63) is 0 Å². The first kappa shape index (κ1) is 17.9. The Balaban J connectivity index is 1.56. The molecule has 0 radical (unpaired) electrons. The number of morpholine rings is 1. The van der Waals surface area contributed by atoms with Crippen molar-refractivity contribution in [3.63, 3.8) is 0 Å². The van der Waals surface area contributed by atoms with Crippen molar-refractivity contribution < 1.29 is 4.74 Å². The molecule has 3 unspecified atom stereocenters. The van der Waals surface area contributed by atoms with Gasteiger partial charge in [-0.1, -0.05) is 0 Å². The van der Waals surface area contributed by atoms with Crippen molar-refractivity contribution in [2.24, 2.45) is 4.99 Å². The summed E-state index contributed by atoms with van der Waals surface area (Å²) in [5.41, 5.74) is 0. The lowest BCUT2D eigenvalue weighted by atomic mass is 10.2. The minimum absolute atomic E-state index is 0.357. The summed E-state index contributed by atoms with van der Waals surface area (Å²) in [5.74, 6) is 2.26. The second kappa shape index (κ2) is 9.63. The number of hydrogen-bond donors (Lipinski definition) is 2. The summed E-state index contributed by atoms with van der Waals surface area (Å²) in [5, 5.41) is 7.63. The molecule has 128 valence electrons. The van der Waals surface area contributed by atoms with Crippen LogP contribution in [-0.2, 0) is 4.74 Å². The first-order valence-electron chi connectivity index (χ1n) is 8.61. The Bertz CT molecular complexity index is 337. The molecule has 5 nitrogen and oxygen atoms in total. The quantitative estimate of drug-likeness (QED) is 0.440. The molecular formula is C16H32N4OS. The fourth-order valence-electron chi connectivity index (χ4n) is 3.21. The third-order valence-electron chi connectivity index (χ3n) is 4.18. The highest BCUT2D eigenvalue weighted by molar-refractivity contribution is 8.00. The molecule has 0 amide bonds. The van der Waals surface area contributed by atoms with Crippen LogP contribution >= 0.6 is 11.8 Å². The maximum absolute atomic E-state index is 5.77. The standard InChI is InChI=1S/C16H32N4OS/c1-13-11-20(12-14(2)21-13)8-5-7-18-16(17-3)19-10-15-6-4-9-22-15/h13-15H,4-12H2,1-3H3,(H2,17,18,19). The minimum Gasteiger partial charge on any atom is -0.373 e. The van der Waals surface area contributed by atoms with E-state index in [2.05, 4.69) is 46.1 Å². The lowest BCUT2D eigenvalue weighted by Crippen LogP contribution is -2.46. The number of nitrogens with zero attached hydrogens (tertiary/aromatic N) is 2. The highest BCUT2D eigenvalue weighted by Gasteiger charge is 2.21. The summed E-state index contributed by atoms with van der Waals surface area (Å²) in [7, 11) is 1.85. The molecule has 0 spiro atoms. The molecule has 2 heterocycles. The SMILES string of the molecule is CN=C(NCCCN1CC(C)OC(C)C1)NCC1CCCS1. The van der Waals surface area contributed by atoms with E-state index < -0.39 is 0 Å². The van der Waals surface area contributed by atoms with Gasteiger partial charge in [-0.3, -0.25) is 9.89 Å². The molecule has 2 saturated heterocycles. The molecule has 2 aliphatic rings. The Morgan fingerprint density at radius 2 is 2.05 bits per heavy atom. The van der Waals surface area contributed by atoms with Gasteiger partial charge in [0, 0.05) is 45.0 Å². The maximum atomic E-state index is 5.77. The summed E-state index contributed by atoms with van der Waals surface area (Å²) >= 11 is 2.08. The topological polar surface area (TPSA) is 48.9 Å². The Morgan fingerprint density at radius 3 is 2.68 bits per heavy atom. The molecule has 2 N–H and O–H groups in total. The highest BCUT2D eigenvalue weighted by atomic mass is 32.2. The molecular weight excluding hydrogens is 296 g/mol. The zero-order chi connectivity index (χ0) is 15.8. The Morgan fingerprint density at radius 1 is 1.27 bits per heavy atom. The summed E-state index contributed by atoms with van der Waals surface area (Å²) in [4.78, 5) is 6.81. The van der Waals surface area contributed by atoms with Crippen LogP contribution in [-0.4, -0.2) is 73.8 Å². The predicted octanol–water partition coefficient (Wildman–Crippen LogP) is 1.55. The van der Waals surface area contributed by atoms with Gasteiger partial charge in [-0.05, 0) is 38.9 Å². The summed E-state index contributed by atoms with van der Waals surface area (Å²) in [6.07, 6.45) is 4.55. The summed E-state index contributed by atoms with van der Waals surface area (Å²) < 4.78 is 5.77. The molecule has 0 aromatic heterocycles. The Kier molecular flexibility index (Phi) is 7.83. The number of aliphatic imine (C=N–C) groups is 1. The average Bonchev–Trinajstić information content (AvgIpc) is 2.99. The minimum atomic E-state index is 0.357. The van der Waals surface area contributed by atoms with E-state index in [1.54, 1.807) is 0 Å². The van der Waals surface area contributed by atoms with E-state index in [9.17, 15) is 0 Å². The van der Waals surface area contributed by atoms with Crippen LogP contribution in [0.2, 0.25) is 0 Å². The molecule has 2 fully saturated rings. The van der Waals surface area contributed by atoms with Crippen LogP contribution in [0.4, 0.5) is 0 Å². The van der Waals surface area contributed by atoms with Gasteiger partial charge in [0.1, 0.15) is 0 Å². The van der Waals surface area contributed by atoms with Crippen LogP contribution in [0.1, 0.15) is 33.1 Å². The van der Waals surface area contributed by atoms with E-state index in [1.807, 2.05) is 7.05 Å². The molecule has 0 aliphatic carbocycles. The fourth-order valence-corrected chi connectivity index (χ4v) is 4.41. The second-order valence-corrected chi connectivity index (χ2v) is 7.79. The van der Waals surface area contributed by atoms with Crippen molar-refractivity contribution in [2.45, 2.75) is 50.6 Å². The van der Waals surface area contributed by atoms with Gasteiger partial charge in [0.05, 0.1) is 12.2 Å². The maximum Gasteiger partial charge on any atom is 0.191 e. The van der Waals surface area contributed by atoms with Crippen LogP contribution in [0, 0.1) is 0 Å². The molecule has 6 heteroatoms. The first-order valence-corrected chi connectivity index (χ1v) is 9.66. The van der Waals surface area contributed by atoms with Gasteiger partial charge in [0.25, 0.3) is 0 Å². The van der Waals surface area contributed by atoms with Gasteiger partial charge in [0.2, 0.25) is 0 Å². The molecule has 22 heavy (non-hydrogen) atoms. The van der Waals surface area contributed by atoms with Crippen LogP contribution < -0.4 is 10.6 Å². The lowest BCUT2D eigenvalue weighted by Gasteiger charge is -2.35. The average molecular weight is 329 g/mol. The van der Waals surface area contributed by atoms with Crippen LogP contribution in [0.5, 0.6) is 0 Å². The molecule has 3 atom stereocenters. The second-order valence-electron chi connectivity index (χ2n) is 6.39. The van der Waals surface area contributed by atoms with E-state index in [1.165, 1.54) is 18.6 Å². The monoisotopic (exact) mass is 328 g/mol. The zero-order valence-electron chi connectivity index (χ0n) is 14.3. The molecule has 0 bridgehead atoms. The van der Waals surface area contributed by atoms with Gasteiger partial charge >= 0.3 is 0 Å². The van der Waals surface area contributed by atoms with E-state index in [4.69, 9.17) is 4.74 Å². The summed E-state index contributed by atoms with van der Waals surface area (Å²) in [6.45, 7) is 9.55. The molecule has 2 rings (SSSR count). The van der Waals surface area contributed by atoms with Crippen molar-refractivity contribution >= 4 is 17.7 Å². The fraction of sp³-hybridized carbons (Fsp3) is 0.938. The van der Waals surface area contributed by atoms with Crippen LogP contribution in [0.15, 0.2) is 4.99 Å². The number of hydrogen-bond acceptors (Lipinski definition) is 4. The van der Waals surface area contributed by atoms with Crippen molar-refractivity contribution in [2.75, 3.05) is 45.5 Å². The van der Waals surface area contributed by atoms with Crippen molar-refractivity contribution in [3.8, 4) is 0 Å². The van der Waals surface area contributed by atoms with E-state index in [0.29, 0.717) is 12.2 Å². The number of rotatable bonds is 6. The van der Waals surface area contributed by atoms with Gasteiger partial charge in [-0.25, -0.2) is 0 Å². The third kappa shape index (κ3) is 6.34. The first-order chi connectivity index (χ1) is 10.7. The smallest absolute Gasteiger partial charge is 0.191 e. The Labute approximate surface area is 139 Å². The predicted molar refractivity (Wildman–Crippen MR) is 95.9 cm³/mol. The lowest BCUT2D eigenvalue weighted by molar-refractivity contribution is -0.0679. The van der Waals surface area contributed by atoms with E-state index >= 15 is 0 Å². The van der Waals surface area contributed by atoms with Crippen LogP contribution in [0.3, 0.4) is 0 Å². The number of ether oxygens (including phenoxy) is 1. The molecule has 2 aliphatic heterocycles. The zero-order valence-corrected chi connectivity index (χ0v) is 15.1. The van der Waals surface area contributed by atoms with Crippen LogP contribution in [0.25, 0.3) is 0 Å².